The van der Waals surface area contributed by atoms with Gasteiger partial charge in [-0.05, 0) is 32.1 Å². The molecule has 1 aliphatic rings. The molecule has 1 fully saturated rings. The van der Waals surface area contributed by atoms with Crippen LogP contribution in [0.3, 0.4) is 0 Å². The zero-order chi connectivity index (χ0) is 13.0. The second-order valence-corrected chi connectivity index (χ2v) is 4.75. The largest absolute Gasteiger partial charge is 0.476 e. The number of ether oxygens (including phenoxy) is 2. The summed E-state index contributed by atoms with van der Waals surface area (Å²) in [5, 5.41) is 0. The van der Waals surface area contributed by atoms with Gasteiger partial charge in [0, 0.05) is 0 Å². The third kappa shape index (κ3) is 2.83. The van der Waals surface area contributed by atoms with E-state index in [0.717, 1.165) is 6.42 Å². The summed E-state index contributed by atoms with van der Waals surface area (Å²) >= 11 is 0. The number of nitrogens with two attached hydrogens (primary N) is 1. The van der Waals surface area contributed by atoms with E-state index in [0.29, 0.717) is 30.0 Å². The number of hydrogen-bond donors (Lipinski definition) is 1. The first-order valence-corrected chi connectivity index (χ1v) is 6.62. The molecule has 18 heavy (non-hydrogen) atoms. The average molecular weight is 251 g/mol. The number of nitrogen functional groups attached to an aromatic ring is 1. The standard InChI is InChI=1S/C13H21N3O2/c1-3-17-12-11(14)13(16-8-15-12)18-10-7-5-4-6-9(10)2/h8-10H,3-7,14H2,1-2H3. The molecule has 0 bridgehead atoms. The second-order valence-electron chi connectivity index (χ2n) is 4.75. The number of rotatable bonds is 4. The molecule has 1 heterocycles. The maximum absolute atomic E-state index is 5.96. The van der Waals surface area contributed by atoms with E-state index in [1.165, 1.54) is 25.6 Å². The summed E-state index contributed by atoms with van der Waals surface area (Å²) in [7, 11) is 0. The van der Waals surface area contributed by atoms with E-state index in [9.17, 15) is 0 Å². The lowest BCUT2D eigenvalue weighted by atomic mass is 9.88. The molecule has 0 saturated heterocycles. The van der Waals surface area contributed by atoms with Crippen LogP contribution in [0, 0.1) is 5.92 Å². The van der Waals surface area contributed by atoms with Gasteiger partial charge in [0.15, 0.2) is 5.69 Å². The molecule has 2 unspecified atom stereocenters. The van der Waals surface area contributed by atoms with Crippen molar-refractivity contribution in [1.29, 1.82) is 0 Å². The Hall–Kier alpha value is -1.52. The Bertz CT molecular complexity index is 398. The van der Waals surface area contributed by atoms with Crippen molar-refractivity contribution in [1.82, 2.24) is 9.97 Å². The van der Waals surface area contributed by atoms with Gasteiger partial charge in [0.2, 0.25) is 11.8 Å². The van der Waals surface area contributed by atoms with Crippen LogP contribution in [-0.2, 0) is 0 Å². The van der Waals surface area contributed by atoms with Crippen molar-refractivity contribution in [2.24, 2.45) is 5.92 Å². The highest BCUT2D eigenvalue weighted by atomic mass is 16.5. The smallest absolute Gasteiger partial charge is 0.244 e. The molecule has 2 rings (SSSR count). The van der Waals surface area contributed by atoms with Crippen LogP contribution in [0.5, 0.6) is 11.8 Å². The van der Waals surface area contributed by atoms with Crippen LogP contribution in [0.25, 0.3) is 0 Å². The Morgan fingerprint density at radius 1 is 1.28 bits per heavy atom. The first-order chi connectivity index (χ1) is 8.72. The van der Waals surface area contributed by atoms with Crippen molar-refractivity contribution in [3.05, 3.63) is 6.33 Å². The quantitative estimate of drug-likeness (QED) is 0.889. The lowest BCUT2D eigenvalue weighted by Gasteiger charge is -2.29. The highest BCUT2D eigenvalue weighted by molar-refractivity contribution is 5.55. The minimum absolute atomic E-state index is 0.199. The molecule has 0 amide bonds. The van der Waals surface area contributed by atoms with Crippen LogP contribution >= 0.6 is 0 Å². The van der Waals surface area contributed by atoms with E-state index < -0.39 is 0 Å². The molecule has 1 aromatic heterocycles. The summed E-state index contributed by atoms with van der Waals surface area (Å²) in [5.41, 5.74) is 6.36. The Balaban J connectivity index is 2.10. The van der Waals surface area contributed by atoms with Gasteiger partial charge >= 0.3 is 0 Å². The van der Waals surface area contributed by atoms with E-state index in [2.05, 4.69) is 16.9 Å². The molecule has 2 N–H and O–H groups in total. The van der Waals surface area contributed by atoms with Crippen molar-refractivity contribution < 1.29 is 9.47 Å². The van der Waals surface area contributed by atoms with Gasteiger partial charge in [-0.2, -0.15) is 9.97 Å². The lowest BCUT2D eigenvalue weighted by Crippen LogP contribution is -2.29. The fourth-order valence-electron chi connectivity index (χ4n) is 2.31. The highest BCUT2D eigenvalue weighted by Crippen LogP contribution is 2.32. The minimum atomic E-state index is 0.199. The maximum atomic E-state index is 5.96. The van der Waals surface area contributed by atoms with Gasteiger partial charge in [-0.1, -0.05) is 13.3 Å². The zero-order valence-electron chi connectivity index (χ0n) is 11.1. The molecule has 0 aromatic carbocycles. The molecule has 0 spiro atoms. The van der Waals surface area contributed by atoms with Crippen LogP contribution in [0.15, 0.2) is 6.33 Å². The van der Waals surface area contributed by atoms with E-state index >= 15 is 0 Å². The van der Waals surface area contributed by atoms with Gasteiger partial charge in [-0.3, -0.25) is 0 Å². The SMILES string of the molecule is CCOc1ncnc(OC2CCCCC2C)c1N. The van der Waals surface area contributed by atoms with Gasteiger partial charge in [-0.15, -0.1) is 0 Å². The third-order valence-corrected chi connectivity index (χ3v) is 3.39. The molecular weight excluding hydrogens is 230 g/mol. The number of anilines is 1. The van der Waals surface area contributed by atoms with Crippen LogP contribution in [0.4, 0.5) is 5.69 Å². The van der Waals surface area contributed by atoms with Crippen molar-refractivity contribution in [2.75, 3.05) is 12.3 Å². The first-order valence-electron chi connectivity index (χ1n) is 6.62. The predicted molar refractivity (Wildman–Crippen MR) is 69.7 cm³/mol. The number of hydrogen-bond acceptors (Lipinski definition) is 5. The summed E-state index contributed by atoms with van der Waals surface area (Å²) in [6.07, 6.45) is 6.39. The summed E-state index contributed by atoms with van der Waals surface area (Å²) in [5.74, 6) is 1.40. The van der Waals surface area contributed by atoms with Crippen LogP contribution in [0.2, 0.25) is 0 Å². The predicted octanol–water partition coefficient (Wildman–Crippen LogP) is 2.42. The topological polar surface area (TPSA) is 70.3 Å². The van der Waals surface area contributed by atoms with E-state index in [-0.39, 0.29) is 6.10 Å². The van der Waals surface area contributed by atoms with Gasteiger partial charge in [-0.25, -0.2) is 0 Å². The number of aromatic nitrogens is 2. The van der Waals surface area contributed by atoms with Crippen LogP contribution < -0.4 is 15.2 Å². The molecule has 2 atom stereocenters. The van der Waals surface area contributed by atoms with Gasteiger partial charge < -0.3 is 15.2 Å². The summed E-state index contributed by atoms with van der Waals surface area (Å²) < 4.78 is 11.3. The summed E-state index contributed by atoms with van der Waals surface area (Å²) in [6, 6.07) is 0. The van der Waals surface area contributed by atoms with E-state index in [4.69, 9.17) is 15.2 Å². The molecule has 1 aromatic rings. The summed E-state index contributed by atoms with van der Waals surface area (Å²) in [4.78, 5) is 8.11. The zero-order valence-corrected chi connectivity index (χ0v) is 11.1. The van der Waals surface area contributed by atoms with Gasteiger partial charge in [0.1, 0.15) is 12.4 Å². The summed E-state index contributed by atoms with van der Waals surface area (Å²) in [6.45, 7) is 4.64. The van der Waals surface area contributed by atoms with E-state index in [1.54, 1.807) is 0 Å². The average Bonchev–Trinajstić information content (AvgIpc) is 2.37. The Morgan fingerprint density at radius 2 is 2.00 bits per heavy atom. The first kappa shape index (κ1) is 12.9. The molecule has 1 saturated carbocycles. The fraction of sp³-hybridized carbons (Fsp3) is 0.692. The lowest BCUT2D eigenvalue weighted by molar-refractivity contribution is 0.0978. The van der Waals surface area contributed by atoms with Gasteiger partial charge in [0.25, 0.3) is 0 Å². The second kappa shape index (κ2) is 5.89. The molecule has 100 valence electrons. The van der Waals surface area contributed by atoms with Crippen molar-refractivity contribution in [3.63, 3.8) is 0 Å². The van der Waals surface area contributed by atoms with Gasteiger partial charge in [0.05, 0.1) is 6.61 Å². The van der Waals surface area contributed by atoms with Crippen molar-refractivity contribution >= 4 is 5.69 Å². The molecule has 5 heteroatoms. The molecule has 0 aliphatic heterocycles. The van der Waals surface area contributed by atoms with Crippen LogP contribution in [0.1, 0.15) is 39.5 Å². The van der Waals surface area contributed by atoms with Crippen molar-refractivity contribution in [3.8, 4) is 11.8 Å². The number of nitrogens with zero attached hydrogens (tertiary/aromatic N) is 2. The molecule has 0 radical (unpaired) electrons. The third-order valence-electron chi connectivity index (χ3n) is 3.39. The molecular formula is C13H21N3O2. The minimum Gasteiger partial charge on any atom is -0.476 e. The Morgan fingerprint density at radius 3 is 2.72 bits per heavy atom. The monoisotopic (exact) mass is 251 g/mol. The Kier molecular flexibility index (Phi) is 4.23. The highest BCUT2D eigenvalue weighted by Gasteiger charge is 2.24. The molecule has 1 aliphatic carbocycles. The van der Waals surface area contributed by atoms with Crippen LogP contribution in [-0.4, -0.2) is 22.7 Å². The Labute approximate surface area is 108 Å². The van der Waals surface area contributed by atoms with E-state index in [1.807, 2.05) is 6.92 Å². The van der Waals surface area contributed by atoms with Crippen molar-refractivity contribution in [2.45, 2.75) is 45.6 Å². The normalized spacial score (nSPS) is 23.7. The molecule has 5 nitrogen and oxygen atoms in total. The fourth-order valence-corrected chi connectivity index (χ4v) is 2.31. The maximum Gasteiger partial charge on any atom is 0.244 e.